The molecule has 0 spiro atoms. The number of hydrogen-bond acceptors (Lipinski definition) is 4. The van der Waals surface area contributed by atoms with E-state index in [1.807, 2.05) is 25.1 Å². The van der Waals surface area contributed by atoms with Crippen molar-refractivity contribution in [1.82, 2.24) is 15.0 Å². The van der Waals surface area contributed by atoms with Gasteiger partial charge in [-0.05, 0) is 41.9 Å². The Morgan fingerprint density at radius 2 is 1.95 bits per heavy atom. The zero-order valence-electron chi connectivity index (χ0n) is 13.0. The molecule has 0 aromatic carbocycles. The standard InChI is InChI=1S/C16H21BrN4/c1-5-21(10-13-8-6-7-12(4)18-13)15-9-14(17)19-16(20-15)11(2)3/h6-9,11H,5,10H2,1-4H3. The minimum Gasteiger partial charge on any atom is -0.351 e. The average molecular weight is 349 g/mol. The third kappa shape index (κ3) is 4.24. The third-order valence-corrected chi connectivity index (χ3v) is 3.63. The van der Waals surface area contributed by atoms with Crippen molar-refractivity contribution in [3.8, 4) is 0 Å². The van der Waals surface area contributed by atoms with Crippen LogP contribution in [-0.2, 0) is 6.54 Å². The van der Waals surface area contributed by atoms with Gasteiger partial charge < -0.3 is 4.90 Å². The van der Waals surface area contributed by atoms with Crippen molar-refractivity contribution in [2.45, 2.75) is 40.2 Å². The smallest absolute Gasteiger partial charge is 0.134 e. The molecule has 0 aliphatic heterocycles. The van der Waals surface area contributed by atoms with E-state index in [1.54, 1.807) is 0 Å². The number of halogens is 1. The minimum absolute atomic E-state index is 0.303. The molecule has 2 aromatic rings. The predicted molar refractivity (Wildman–Crippen MR) is 89.5 cm³/mol. The Hall–Kier alpha value is -1.49. The summed E-state index contributed by atoms with van der Waals surface area (Å²) in [5.74, 6) is 2.10. The van der Waals surface area contributed by atoms with E-state index in [2.05, 4.69) is 62.6 Å². The van der Waals surface area contributed by atoms with Crippen LogP contribution in [0.25, 0.3) is 0 Å². The summed E-state index contributed by atoms with van der Waals surface area (Å²) in [6, 6.07) is 8.07. The molecular weight excluding hydrogens is 328 g/mol. The topological polar surface area (TPSA) is 41.9 Å². The number of nitrogens with zero attached hydrogens (tertiary/aromatic N) is 4. The Bertz CT molecular complexity index is 613. The molecule has 5 heteroatoms. The van der Waals surface area contributed by atoms with E-state index >= 15 is 0 Å². The molecule has 0 saturated heterocycles. The molecule has 0 atom stereocenters. The molecule has 0 bridgehead atoms. The van der Waals surface area contributed by atoms with Gasteiger partial charge >= 0.3 is 0 Å². The van der Waals surface area contributed by atoms with Gasteiger partial charge in [0.15, 0.2) is 0 Å². The van der Waals surface area contributed by atoms with Crippen LogP contribution >= 0.6 is 15.9 Å². The highest BCUT2D eigenvalue weighted by atomic mass is 79.9. The zero-order valence-corrected chi connectivity index (χ0v) is 14.6. The highest BCUT2D eigenvalue weighted by molar-refractivity contribution is 9.10. The Morgan fingerprint density at radius 3 is 2.57 bits per heavy atom. The van der Waals surface area contributed by atoms with Gasteiger partial charge in [0.05, 0.1) is 12.2 Å². The van der Waals surface area contributed by atoms with Crippen molar-refractivity contribution >= 4 is 21.7 Å². The first-order valence-electron chi connectivity index (χ1n) is 7.21. The first-order valence-corrected chi connectivity index (χ1v) is 8.01. The molecule has 2 heterocycles. The molecule has 0 N–H and O–H groups in total. The van der Waals surface area contributed by atoms with Crippen molar-refractivity contribution < 1.29 is 0 Å². The summed E-state index contributed by atoms with van der Waals surface area (Å²) in [5.41, 5.74) is 2.09. The SMILES string of the molecule is CCN(Cc1cccc(C)n1)c1cc(Br)nc(C(C)C)n1. The quantitative estimate of drug-likeness (QED) is 0.763. The Balaban J connectivity index is 2.29. The van der Waals surface area contributed by atoms with E-state index in [0.29, 0.717) is 5.92 Å². The summed E-state index contributed by atoms with van der Waals surface area (Å²) < 4.78 is 0.826. The second-order valence-corrected chi connectivity index (χ2v) is 6.16. The van der Waals surface area contributed by atoms with Crippen molar-refractivity contribution in [3.63, 3.8) is 0 Å². The fourth-order valence-electron chi connectivity index (χ4n) is 2.08. The molecule has 4 nitrogen and oxygen atoms in total. The Kier molecular flexibility index (Phi) is 5.28. The predicted octanol–water partition coefficient (Wildman–Crippen LogP) is 4.09. The van der Waals surface area contributed by atoms with Crippen LogP contribution in [0.5, 0.6) is 0 Å². The lowest BCUT2D eigenvalue weighted by Gasteiger charge is -2.22. The maximum Gasteiger partial charge on any atom is 0.134 e. The van der Waals surface area contributed by atoms with E-state index in [1.165, 1.54) is 0 Å². The van der Waals surface area contributed by atoms with Crippen LogP contribution in [0.15, 0.2) is 28.9 Å². The summed E-state index contributed by atoms with van der Waals surface area (Å²) in [7, 11) is 0. The van der Waals surface area contributed by atoms with Gasteiger partial charge in [0.2, 0.25) is 0 Å². The van der Waals surface area contributed by atoms with Gasteiger partial charge in [0.25, 0.3) is 0 Å². The van der Waals surface area contributed by atoms with Crippen molar-refractivity contribution in [3.05, 3.63) is 46.1 Å². The molecule has 2 rings (SSSR count). The van der Waals surface area contributed by atoms with Crippen LogP contribution in [0.1, 0.15) is 43.9 Å². The van der Waals surface area contributed by atoms with E-state index in [-0.39, 0.29) is 0 Å². The summed E-state index contributed by atoms with van der Waals surface area (Å²) in [6.45, 7) is 9.96. The fourth-order valence-corrected chi connectivity index (χ4v) is 2.47. The number of aryl methyl sites for hydroxylation is 1. The van der Waals surface area contributed by atoms with Gasteiger partial charge in [0.1, 0.15) is 16.2 Å². The van der Waals surface area contributed by atoms with Crippen LogP contribution in [-0.4, -0.2) is 21.5 Å². The lowest BCUT2D eigenvalue weighted by Crippen LogP contribution is -2.24. The largest absolute Gasteiger partial charge is 0.351 e. The Labute approximate surface area is 134 Å². The first kappa shape index (κ1) is 15.9. The molecule has 2 aromatic heterocycles. The summed E-state index contributed by atoms with van der Waals surface area (Å²) in [4.78, 5) is 15.9. The molecule has 0 unspecified atom stereocenters. The molecule has 0 amide bonds. The third-order valence-electron chi connectivity index (χ3n) is 3.22. The molecule has 0 radical (unpaired) electrons. The maximum absolute atomic E-state index is 4.68. The fraction of sp³-hybridized carbons (Fsp3) is 0.438. The summed E-state index contributed by atoms with van der Waals surface area (Å²) in [6.07, 6.45) is 0. The summed E-state index contributed by atoms with van der Waals surface area (Å²) in [5, 5.41) is 0. The monoisotopic (exact) mass is 348 g/mol. The van der Waals surface area contributed by atoms with Crippen molar-refractivity contribution in [2.75, 3.05) is 11.4 Å². The zero-order chi connectivity index (χ0) is 15.4. The van der Waals surface area contributed by atoms with Crippen LogP contribution in [0.4, 0.5) is 5.82 Å². The van der Waals surface area contributed by atoms with E-state index in [4.69, 9.17) is 0 Å². The van der Waals surface area contributed by atoms with Gasteiger partial charge in [-0.25, -0.2) is 9.97 Å². The first-order chi connectivity index (χ1) is 9.99. The molecule has 21 heavy (non-hydrogen) atoms. The highest BCUT2D eigenvalue weighted by Gasteiger charge is 2.12. The molecule has 0 aliphatic rings. The maximum atomic E-state index is 4.68. The lowest BCUT2D eigenvalue weighted by atomic mass is 10.2. The van der Waals surface area contributed by atoms with Gasteiger partial charge in [0, 0.05) is 24.2 Å². The van der Waals surface area contributed by atoms with E-state index < -0.39 is 0 Å². The average Bonchev–Trinajstić information content (AvgIpc) is 2.44. The molecule has 112 valence electrons. The normalized spacial score (nSPS) is 11.0. The van der Waals surface area contributed by atoms with Gasteiger partial charge in [-0.2, -0.15) is 0 Å². The second-order valence-electron chi connectivity index (χ2n) is 5.35. The number of aromatic nitrogens is 3. The Morgan fingerprint density at radius 1 is 1.19 bits per heavy atom. The molecule has 0 saturated carbocycles. The molecular formula is C16H21BrN4. The highest BCUT2D eigenvalue weighted by Crippen LogP contribution is 2.21. The second kappa shape index (κ2) is 6.98. The summed E-state index contributed by atoms with van der Waals surface area (Å²) >= 11 is 3.48. The van der Waals surface area contributed by atoms with Crippen LogP contribution in [0.2, 0.25) is 0 Å². The molecule has 0 fully saturated rings. The van der Waals surface area contributed by atoms with Crippen molar-refractivity contribution in [1.29, 1.82) is 0 Å². The number of hydrogen-bond donors (Lipinski definition) is 0. The van der Waals surface area contributed by atoms with Crippen LogP contribution < -0.4 is 4.90 Å². The van der Waals surface area contributed by atoms with Gasteiger partial charge in [-0.3, -0.25) is 4.98 Å². The van der Waals surface area contributed by atoms with E-state index in [9.17, 15) is 0 Å². The van der Waals surface area contributed by atoms with Crippen LogP contribution in [0, 0.1) is 6.92 Å². The number of rotatable bonds is 5. The van der Waals surface area contributed by atoms with Crippen molar-refractivity contribution in [2.24, 2.45) is 0 Å². The van der Waals surface area contributed by atoms with Crippen LogP contribution in [0.3, 0.4) is 0 Å². The van der Waals surface area contributed by atoms with E-state index in [0.717, 1.165) is 40.7 Å². The molecule has 0 aliphatic carbocycles. The van der Waals surface area contributed by atoms with Gasteiger partial charge in [-0.15, -0.1) is 0 Å². The minimum atomic E-state index is 0.303. The number of anilines is 1. The number of pyridine rings is 1. The lowest BCUT2D eigenvalue weighted by molar-refractivity contribution is 0.737. The van der Waals surface area contributed by atoms with Gasteiger partial charge in [-0.1, -0.05) is 19.9 Å².